The molecule has 66 valence electrons. The number of nitrogens with zero attached hydrogens (tertiary/aromatic N) is 1. The normalized spacial score (nSPS) is 24.8. The molecular weight excluding hydrogens is 134 g/mol. The fraction of sp³-hybridized carbons (Fsp3) is 1.00. The van der Waals surface area contributed by atoms with Gasteiger partial charge < -0.3 is 4.90 Å². The molecule has 11 heavy (non-hydrogen) atoms. The van der Waals surface area contributed by atoms with Crippen molar-refractivity contribution in [2.24, 2.45) is 5.92 Å². The van der Waals surface area contributed by atoms with Crippen molar-refractivity contribution < 1.29 is 0 Å². The van der Waals surface area contributed by atoms with Crippen molar-refractivity contribution in [3.05, 3.63) is 0 Å². The topological polar surface area (TPSA) is 3.24 Å². The van der Waals surface area contributed by atoms with E-state index >= 15 is 0 Å². The third-order valence-corrected chi connectivity index (χ3v) is 3.72. The van der Waals surface area contributed by atoms with Crippen LogP contribution in [0.15, 0.2) is 0 Å². The van der Waals surface area contributed by atoms with E-state index in [0.29, 0.717) is 5.54 Å². The molecule has 1 atom stereocenters. The minimum Gasteiger partial charge on any atom is -0.304 e. The Kier molecular flexibility index (Phi) is 2.58. The molecule has 1 rings (SSSR count). The summed E-state index contributed by atoms with van der Waals surface area (Å²) in [5, 5.41) is 0. The zero-order chi connectivity index (χ0) is 8.48. The molecular formula is C10H21N. The highest BCUT2D eigenvalue weighted by Crippen LogP contribution is 2.40. The van der Waals surface area contributed by atoms with Gasteiger partial charge in [0, 0.05) is 5.54 Å². The summed E-state index contributed by atoms with van der Waals surface area (Å²) >= 11 is 0. The van der Waals surface area contributed by atoms with Gasteiger partial charge in [-0.25, -0.2) is 0 Å². The van der Waals surface area contributed by atoms with Gasteiger partial charge >= 0.3 is 0 Å². The van der Waals surface area contributed by atoms with Crippen LogP contribution in [0, 0.1) is 5.92 Å². The molecule has 1 aliphatic rings. The molecule has 0 aliphatic heterocycles. The van der Waals surface area contributed by atoms with Crippen molar-refractivity contribution in [1.29, 1.82) is 0 Å². The van der Waals surface area contributed by atoms with E-state index in [-0.39, 0.29) is 0 Å². The molecule has 0 saturated heterocycles. The Morgan fingerprint density at radius 3 is 2.00 bits per heavy atom. The standard InChI is InChI=1S/C10H21N/c1-5-10(2,11(3)4)9-7-6-8-9/h9H,5-8H2,1-4H3/t10-/m0/s1. The first-order chi connectivity index (χ1) is 5.11. The maximum absolute atomic E-state index is 2.40. The largest absolute Gasteiger partial charge is 0.304 e. The highest BCUT2D eigenvalue weighted by Gasteiger charge is 2.37. The second kappa shape index (κ2) is 3.14. The lowest BCUT2D eigenvalue weighted by atomic mass is 9.70. The van der Waals surface area contributed by atoms with Gasteiger partial charge in [-0.05, 0) is 46.2 Å². The fourth-order valence-electron chi connectivity index (χ4n) is 2.00. The van der Waals surface area contributed by atoms with Crippen LogP contribution in [0.4, 0.5) is 0 Å². The number of hydrogen-bond acceptors (Lipinski definition) is 1. The third kappa shape index (κ3) is 1.44. The lowest BCUT2D eigenvalue weighted by molar-refractivity contribution is 0.0441. The van der Waals surface area contributed by atoms with Gasteiger partial charge in [0.25, 0.3) is 0 Å². The van der Waals surface area contributed by atoms with E-state index in [1.165, 1.54) is 25.7 Å². The van der Waals surface area contributed by atoms with Gasteiger partial charge in [0.15, 0.2) is 0 Å². The zero-order valence-corrected chi connectivity index (χ0v) is 8.35. The second-order valence-electron chi connectivity index (χ2n) is 4.23. The second-order valence-corrected chi connectivity index (χ2v) is 4.23. The maximum Gasteiger partial charge on any atom is 0.0200 e. The molecule has 0 radical (unpaired) electrons. The van der Waals surface area contributed by atoms with E-state index in [0.717, 1.165) is 5.92 Å². The summed E-state index contributed by atoms with van der Waals surface area (Å²) in [6.07, 6.45) is 5.63. The van der Waals surface area contributed by atoms with Gasteiger partial charge in [0.2, 0.25) is 0 Å². The molecule has 0 aromatic carbocycles. The zero-order valence-electron chi connectivity index (χ0n) is 8.35. The first-order valence-electron chi connectivity index (χ1n) is 4.78. The fourth-order valence-corrected chi connectivity index (χ4v) is 2.00. The van der Waals surface area contributed by atoms with E-state index in [9.17, 15) is 0 Å². The summed E-state index contributed by atoms with van der Waals surface area (Å²) in [7, 11) is 4.42. The summed E-state index contributed by atoms with van der Waals surface area (Å²) in [6.45, 7) is 4.70. The Morgan fingerprint density at radius 2 is 1.91 bits per heavy atom. The van der Waals surface area contributed by atoms with E-state index in [2.05, 4.69) is 32.8 Å². The molecule has 0 bridgehead atoms. The summed E-state index contributed by atoms with van der Waals surface area (Å²) in [6, 6.07) is 0. The maximum atomic E-state index is 2.40. The highest BCUT2D eigenvalue weighted by atomic mass is 15.1. The Bertz CT molecular complexity index is 127. The van der Waals surface area contributed by atoms with Gasteiger partial charge in [-0.2, -0.15) is 0 Å². The lowest BCUT2D eigenvalue weighted by Crippen LogP contribution is -2.49. The predicted octanol–water partition coefficient (Wildman–Crippen LogP) is 2.52. The SMILES string of the molecule is CC[C@@](C)(C1CCC1)N(C)C. The molecule has 1 heteroatoms. The van der Waals surface area contributed by atoms with Crippen LogP contribution in [0.25, 0.3) is 0 Å². The van der Waals surface area contributed by atoms with Crippen LogP contribution in [-0.2, 0) is 0 Å². The summed E-state index contributed by atoms with van der Waals surface area (Å²) in [5.74, 6) is 0.961. The molecule has 0 spiro atoms. The molecule has 0 unspecified atom stereocenters. The van der Waals surface area contributed by atoms with E-state index in [1.54, 1.807) is 0 Å². The summed E-state index contributed by atoms with van der Waals surface area (Å²) < 4.78 is 0. The van der Waals surface area contributed by atoms with Gasteiger partial charge in [0.05, 0.1) is 0 Å². The van der Waals surface area contributed by atoms with Crippen LogP contribution >= 0.6 is 0 Å². The van der Waals surface area contributed by atoms with Crippen molar-refractivity contribution in [3.8, 4) is 0 Å². The minimum absolute atomic E-state index is 0.470. The summed E-state index contributed by atoms with van der Waals surface area (Å²) in [4.78, 5) is 2.40. The number of rotatable bonds is 3. The Hall–Kier alpha value is -0.0400. The van der Waals surface area contributed by atoms with E-state index < -0.39 is 0 Å². The first kappa shape index (κ1) is 9.05. The third-order valence-electron chi connectivity index (χ3n) is 3.72. The van der Waals surface area contributed by atoms with Gasteiger partial charge in [-0.3, -0.25) is 0 Å². The highest BCUT2D eigenvalue weighted by molar-refractivity contribution is 4.93. The van der Waals surface area contributed by atoms with Gasteiger partial charge in [-0.15, -0.1) is 0 Å². The van der Waals surface area contributed by atoms with Crippen molar-refractivity contribution in [3.63, 3.8) is 0 Å². The molecule has 1 saturated carbocycles. The molecule has 0 aromatic heterocycles. The molecule has 1 nitrogen and oxygen atoms in total. The van der Waals surface area contributed by atoms with Crippen molar-refractivity contribution in [2.45, 2.75) is 45.1 Å². The molecule has 0 N–H and O–H groups in total. The van der Waals surface area contributed by atoms with Crippen LogP contribution in [0.2, 0.25) is 0 Å². The van der Waals surface area contributed by atoms with E-state index in [4.69, 9.17) is 0 Å². The van der Waals surface area contributed by atoms with Gasteiger partial charge in [0.1, 0.15) is 0 Å². The van der Waals surface area contributed by atoms with Crippen LogP contribution < -0.4 is 0 Å². The Balaban J connectivity index is 2.57. The Morgan fingerprint density at radius 1 is 1.36 bits per heavy atom. The monoisotopic (exact) mass is 155 g/mol. The lowest BCUT2D eigenvalue weighted by Gasteiger charge is -2.47. The molecule has 0 amide bonds. The quantitative estimate of drug-likeness (QED) is 0.605. The van der Waals surface area contributed by atoms with E-state index in [1.807, 2.05) is 0 Å². The molecule has 0 heterocycles. The average Bonchev–Trinajstić information content (AvgIpc) is 1.83. The van der Waals surface area contributed by atoms with Crippen molar-refractivity contribution >= 4 is 0 Å². The van der Waals surface area contributed by atoms with Crippen molar-refractivity contribution in [1.82, 2.24) is 4.90 Å². The van der Waals surface area contributed by atoms with Crippen molar-refractivity contribution in [2.75, 3.05) is 14.1 Å². The first-order valence-corrected chi connectivity index (χ1v) is 4.78. The minimum atomic E-state index is 0.470. The molecule has 1 fully saturated rings. The van der Waals surface area contributed by atoms with Gasteiger partial charge in [-0.1, -0.05) is 13.3 Å². The van der Waals surface area contributed by atoms with Crippen LogP contribution in [0.1, 0.15) is 39.5 Å². The van der Waals surface area contributed by atoms with Crippen LogP contribution in [0.5, 0.6) is 0 Å². The van der Waals surface area contributed by atoms with Crippen LogP contribution in [-0.4, -0.2) is 24.5 Å². The number of hydrogen-bond donors (Lipinski definition) is 0. The smallest absolute Gasteiger partial charge is 0.0200 e. The average molecular weight is 155 g/mol. The molecule has 1 aliphatic carbocycles. The Labute approximate surface area is 70.8 Å². The predicted molar refractivity (Wildman–Crippen MR) is 49.7 cm³/mol. The molecule has 0 aromatic rings. The summed E-state index contributed by atoms with van der Waals surface area (Å²) in [5.41, 5.74) is 0.470. The van der Waals surface area contributed by atoms with Crippen LogP contribution in [0.3, 0.4) is 0 Å².